The molecule has 1 aliphatic rings. The minimum Gasteiger partial charge on any atom is -0.343 e. The average molecular weight is 269 g/mol. The number of nitrogens with zero attached hydrogens (tertiary/aromatic N) is 2. The number of hydrogen-bond donors (Lipinski definition) is 1. The number of likely N-dealkylation sites (tertiary alicyclic amines) is 1. The Morgan fingerprint density at radius 2 is 2.20 bits per heavy atom. The second-order valence-electron chi connectivity index (χ2n) is 5.22. The maximum Gasteiger partial charge on any atom is 0.130 e. The summed E-state index contributed by atoms with van der Waals surface area (Å²) in [4.78, 5) is 6.85. The Bertz CT molecular complexity index is 512. The maximum atomic E-state index is 4.39. The summed E-state index contributed by atoms with van der Waals surface area (Å²) in [5.74, 6) is 0.910. The smallest absolute Gasteiger partial charge is 0.130 e. The first-order valence-corrected chi connectivity index (χ1v) is 7.16. The van der Waals surface area contributed by atoms with E-state index in [1.807, 2.05) is 19.2 Å². The van der Waals surface area contributed by atoms with Crippen LogP contribution in [0.1, 0.15) is 25.3 Å². The van der Waals surface area contributed by atoms with Gasteiger partial charge in [0.1, 0.15) is 5.82 Å². The molecule has 0 amide bonds. The molecular formula is C17H23N3. The molecule has 0 spiro atoms. The van der Waals surface area contributed by atoms with Crippen LogP contribution in [0.3, 0.4) is 0 Å². The number of hydrogen-bond acceptors (Lipinski definition) is 3. The molecule has 0 atom stereocenters. The molecule has 1 aromatic heterocycles. The van der Waals surface area contributed by atoms with Crippen LogP contribution in [0.2, 0.25) is 0 Å². The lowest BCUT2D eigenvalue weighted by Crippen LogP contribution is -2.33. The van der Waals surface area contributed by atoms with E-state index in [-0.39, 0.29) is 0 Å². The molecular weight excluding hydrogens is 246 g/mol. The molecule has 0 unspecified atom stereocenters. The Balaban J connectivity index is 1.90. The molecule has 0 aliphatic carbocycles. The third kappa shape index (κ3) is 4.09. The molecule has 1 N–H and O–H groups in total. The number of allylic oxidation sites excluding steroid dienone is 1. The predicted octanol–water partition coefficient (Wildman–Crippen LogP) is 3.51. The largest absolute Gasteiger partial charge is 0.343 e. The molecule has 1 aromatic rings. The van der Waals surface area contributed by atoms with E-state index in [0.29, 0.717) is 0 Å². The normalized spacial score (nSPS) is 16.9. The number of aryl methyl sites for hydroxylation is 1. The van der Waals surface area contributed by atoms with Crippen molar-refractivity contribution in [3.63, 3.8) is 0 Å². The highest BCUT2D eigenvalue weighted by Gasteiger charge is 2.14. The van der Waals surface area contributed by atoms with Crippen molar-refractivity contribution in [3.05, 3.63) is 53.5 Å². The number of pyridine rings is 1. The fraction of sp³-hybridized carbons (Fsp3) is 0.412. The molecule has 20 heavy (non-hydrogen) atoms. The lowest BCUT2D eigenvalue weighted by Gasteiger charge is -2.28. The highest BCUT2D eigenvalue weighted by Crippen LogP contribution is 2.16. The van der Waals surface area contributed by atoms with Crippen LogP contribution in [0, 0.1) is 6.92 Å². The summed E-state index contributed by atoms with van der Waals surface area (Å²) in [6.07, 6.45) is 6.19. The highest BCUT2D eigenvalue weighted by molar-refractivity contribution is 5.42. The van der Waals surface area contributed by atoms with E-state index in [2.05, 4.69) is 46.6 Å². The fourth-order valence-electron chi connectivity index (χ4n) is 2.31. The van der Waals surface area contributed by atoms with Crippen LogP contribution in [0.4, 0.5) is 5.82 Å². The van der Waals surface area contributed by atoms with Crippen LogP contribution in [-0.4, -0.2) is 29.5 Å². The molecule has 1 aliphatic heterocycles. The van der Waals surface area contributed by atoms with E-state index in [4.69, 9.17) is 0 Å². The first-order valence-electron chi connectivity index (χ1n) is 7.16. The Labute approximate surface area is 121 Å². The van der Waals surface area contributed by atoms with Crippen molar-refractivity contribution in [2.24, 2.45) is 0 Å². The molecule has 1 saturated heterocycles. The number of anilines is 1. The Morgan fingerprint density at radius 1 is 1.45 bits per heavy atom. The Kier molecular flexibility index (Phi) is 5.16. The highest BCUT2D eigenvalue weighted by atomic mass is 15.2. The number of piperidine rings is 1. The van der Waals surface area contributed by atoms with Gasteiger partial charge in [0.05, 0.1) is 0 Å². The zero-order valence-electron chi connectivity index (χ0n) is 12.4. The summed E-state index contributed by atoms with van der Waals surface area (Å²) < 4.78 is 0. The summed E-state index contributed by atoms with van der Waals surface area (Å²) in [5.41, 5.74) is 6.77. The van der Waals surface area contributed by atoms with Crippen LogP contribution in [-0.2, 0) is 0 Å². The molecule has 2 heterocycles. The first-order chi connectivity index (χ1) is 9.71. The summed E-state index contributed by atoms with van der Waals surface area (Å²) in [6.45, 7) is 11.0. The lowest BCUT2D eigenvalue weighted by molar-refractivity contribution is 0.278. The fourth-order valence-corrected chi connectivity index (χ4v) is 2.31. The van der Waals surface area contributed by atoms with Crippen molar-refractivity contribution in [3.8, 4) is 0 Å². The van der Waals surface area contributed by atoms with Gasteiger partial charge in [-0.15, -0.1) is 5.73 Å². The standard InChI is InChI=1S/C17H23N3/c1-4-15-8-10-20(11-9-15)13-16(5-2)19-17-7-6-14(3)12-18-17/h5-7,12H,1,8-11,13H2,2-3H3,(H,18,19)/b16-5+. The predicted molar refractivity (Wildman–Crippen MR) is 84.7 cm³/mol. The van der Waals surface area contributed by atoms with Gasteiger partial charge < -0.3 is 5.32 Å². The second kappa shape index (κ2) is 7.09. The van der Waals surface area contributed by atoms with Crippen LogP contribution in [0.25, 0.3) is 0 Å². The van der Waals surface area contributed by atoms with Gasteiger partial charge in [0.25, 0.3) is 0 Å². The van der Waals surface area contributed by atoms with E-state index < -0.39 is 0 Å². The summed E-state index contributed by atoms with van der Waals surface area (Å²) in [7, 11) is 0. The van der Waals surface area contributed by atoms with Gasteiger partial charge in [-0.25, -0.2) is 4.98 Å². The van der Waals surface area contributed by atoms with Gasteiger partial charge in [-0.3, -0.25) is 4.90 Å². The summed E-state index contributed by atoms with van der Waals surface area (Å²) in [5, 5.41) is 3.40. The van der Waals surface area contributed by atoms with Gasteiger partial charge in [-0.05, 0) is 43.9 Å². The van der Waals surface area contributed by atoms with E-state index >= 15 is 0 Å². The summed E-state index contributed by atoms with van der Waals surface area (Å²) in [6, 6.07) is 4.10. The van der Waals surface area contributed by atoms with Crippen molar-refractivity contribution in [1.29, 1.82) is 0 Å². The number of nitrogens with one attached hydrogen (secondary N) is 1. The van der Waals surface area contributed by atoms with Crippen molar-refractivity contribution in [1.82, 2.24) is 9.88 Å². The van der Waals surface area contributed by atoms with Crippen molar-refractivity contribution in [2.45, 2.75) is 26.7 Å². The van der Waals surface area contributed by atoms with Gasteiger partial charge in [0.15, 0.2) is 0 Å². The van der Waals surface area contributed by atoms with Crippen LogP contribution in [0.5, 0.6) is 0 Å². The van der Waals surface area contributed by atoms with Gasteiger partial charge in [0.2, 0.25) is 0 Å². The zero-order chi connectivity index (χ0) is 14.4. The van der Waals surface area contributed by atoms with Gasteiger partial charge in [-0.1, -0.05) is 18.7 Å². The molecule has 3 nitrogen and oxygen atoms in total. The molecule has 106 valence electrons. The molecule has 0 radical (unpaired) electrons. The first kappa shape index (κ1) is 14.6. The topological polar surface area (TPSA) is 28.2 Å². The Morgan fingerprint density at radius 3 is 2.75 bits per heavy atom. The number of rotatable bonds is 4. The van der Waals surface area contributed by atoms with Crippen LogP contribution < -0.4 is 5.32 Å². The van der Waals surface area contributed by atoms with E-state index in [9.17, 15) is 0 Å². The van der Waals surface area contributed by atoms with Crippen molar-refractivity contribution in [2.75, 3.05) is 25.0 Å². The molecule has 0 aromatic carbocycles. The van der Waals surface area contributed by atoms with Gasteiger partial charge in [-0.2, -0.15) is 0 Å². The Hall–Kier alpha value is -1.83. The number of aromatic nitrogens is 1. The lowest BCUT2D eigenvalue weighted by atomic mass is 10.1. The van der Waals surface area contributed by atoms with Crippen molar-refractivity contribution >= 4 is 5.82 Å². The quantitative estimate of drug-likeness (QED) is 0.848. The maximum absolute atomic E-state index is 4.39. The molecule has 0 bridgehead atoms. The minimum atomic E-state index is 0.910. The second-order valence-corrected chi connectivity index (χ2v) is 5.22. The van der Waals surface area contributed by atoms with E-state index in [1.54, 1.807) is 0 Å². The third-order valence-corrected chi connectivity index (χ3v) is 3.65. The zero-order valence-corrected chi connectivity index (χ0v) is 12.4. The van der Waals surface area contributed by atoms with Gasteiger partial charge >= 0.3 is 0 Å². The minimum absolute atomic E-state index is 0.910. The van der Waals surface area contributed by atoms with E-state index in [1.165, 1.54) is 16.8 Å². The van der Waals surface area contributed by atoms with Crippen LogP contribution >= 0.6 is 0 Å². The van der Waals surface area contributed by atoms with Gasteiger partial charge in [0, 0.05) is 31.5 Å². The summed E-state index contributed by atoms with van der Waals surface area (Å²) >= 11 is 0. The molecule has 0 saturated carbocycles. The van der Waals surface area contributed by atoms with E-state index in [0.717, 1.165) is 38.3 Å². The third-order valence-electron chi connectivity index (χ3n) is 3.65. The van der Waals surface area contributed by atoms with Crippen molar-refractivity contribution < 1.29 is 0 Å². The monoisotopic (exact) mass is 269 g/mol. The molecule has 2 rings (SSSR count). The average Bonchev–Trinajstić information content (AvgIpc) is 2.49. The molecule has 1 fully saturated rings. The SMILES string of the molecule is C=C=C1CCN(C/C(=C\C)Nc2ccc(C)cn2)CC1. The van der Waals surface area contributed by atoms with Crippen LogP contribution in [0.15, 0.2) is 48.0 Å². The molecule has 3 heteroatoms.